The van der Waals surface area contributed by atoms with Gasteiger partial charge in [-0.05, 0) is 23.6 Å². The van der Waals surface area contributed by atoms with Crippen LogP contribution in [0.15, 0.2) is 41.4 Å². The van der Waals surface area contributed by atoms with Crippen molar-refractivity contribution in [3.8, 4) is 0 Å². The van der Waals surface area contributed by atoms with Gasteiger partial charge in [0.05, 0.1) is 24.5 Å². The molecular weight excluding hydrogens is 362 g/mol. The van der Waals surface area contributed by atoms with Gasteiger partial charge in [0.15, 0.2) is 11.6 Å². The van der Waals surface area contributed by atoms with Gasteiger partial charge in [0.2, 0.25) is 0 Å². The average molecular weight is 376 g/mol. The Balaban J connectivity index is 1.81. The van der Waals surface area contributed by atoms with Crippen LogP contribution in [-0.2, 0) is 14.3 Å². The minimum atomic E-state index is -1.11. The number of hydrogen-bond donors (Lipinski definition) is 0. The molecular formula is C18H14F2N2O3S. The molecule has 0 saturated carbocycles. The van der Waals surface area contributed by atoms with Gasteiger partial charge >= 0.3 is 0 Å². The molecule has 8 heteroatoms. The minimum absolute atomic E-state index is 0.0104. The molecule has 0 bridgehead atoms. The molecule has 1 fully saturated rings. The van der Waals surface area contributed by atoms with Gasteiger partial charge in [-0.15, -0.1) is 11.3 Å². The third-order valence-corrected chi connectivity index (χ3v) is 5.20. The van der Waals surface area contributed by atoms with Crippen LogP contribution < -0.4 is 4.90 Å². The Morgan fingerprint density at radius 1 is 1.00 bits per heavy atom. The standard InChI is InChI=1S/C18H14F2N2O3S/c19-12-4-3-11(10-13(12)20)22-17(23)15(14-2-1-9-26-14)16(18(22)24)21-5-7-25-8-6-21/h1-4,9-10H,5-8H2. The lowest BCUT2D eigenvalue weighted by Crippen LogP contribution is -2.40. The summed E-state index contributed by atoms with van der Waals surface area (Å²) in [4.78, 5) is 29.5. The quantitative estimate of drug-likeness (QED) is 0.773. The zero-order valence-electron chi connectivity index (χ0n) is 13.6. The van der Waals surface area contributed by atoms with E-state index in [4.69, 9.17) is 4.74 Å². The molecule has 0 spiro atoms. The summed E-state index contributed by atoms with van der Waals surface area (Å²) in [5, 5.41) is 1.82. The van der Waals surface area contributed by atoms with E-state index in [0.29, 0.717) is 31.2 Å². The monoisotopic (exact) mass is 376 g/mol. The van der Waals surface area contributed by atoms with Crippen LogP contribution in [0.1, 0.15) is 4.88 Å². The SMILES string of the molecule is O=C1C(c2cccs2)=C(N2CCOCC2)C(=O)N1c1ccc(F)c(F)c1. The maximum Gasteiger partial charge on any atom is 0.282 e. The number of imide groups is 1. The van der Waals surface area contributed by atoms with Gasteiger partial charge in [-0.1, -0.05) is 6.07 Å². The molecule has 0 aliphatic carbocycles. The fraction of sp³-hybridized carbons (Fsp3) is 0.222. The molecule has 4 rings (SSSR count). The number of benzene rings is 1. The zero-order valence-corrected chi connectivity index (χ0v) is 14.4. The van der Waals surface area contributed by atoms with Crippen molar-refractivity contribution in [2.75, 3.05) is 31.2 Å². The van der Waals surface area contributed by atoms with E-state index in [-0.39, 0.29) is 17.0 Å². The van der Waals surface area contributed by atoms with Gasteiger partial charge in [-0.3, -0.25) is 9.59 Å². The Hall–Kier alpha value is -2.58. The molecule has 0 unspecified atom stereocenters. The summed E-state index contributed by atoms with van der Waals surface area (Å²) in [5.74, 6) is -3.22. The van der Waals surface area contributed by atoms with E-state index in [9.17, 15) is 18.4 Å². The molecule has 5 nitrogen and oxygen atoms in total. The van der Waals surface area contributed by atoms with Gasteiger partial charge in [0.1, 0.15) is 5.70 Å². The third-order valence-electron chi connectivity index (χ3n) is 4.32. The molecule has 1 saturated heterocycles. The van der Waals surface area contributed by atoms with Crippen LogP contribution in [0.3, 0.4) is 0 Å². The maximum atomic E-state index is 13.6. The molecule has 26 heavy (non-hydrogen) atoms. The first-order valence-electron chi connectivity index (χ1n) is 8.02. The lowest BCUT2D eigenvalue weighted by Gasteiger charge is -2.29. The van der Waals surface area contributed by atoms with Crippen LogP contribution >= 0.6 is 11.3 Å². The summed E-state index contributed by atoms with van der Waals surface area (Å²) in [6.07, 6.45) is 0. The topological polar surface area (TPSA) is 49.9 Å². The molecule has 0 atom stereocenters. The molecule has 2 aliphatic rings. The van der Waals surface area contributed by atoms with Gasteiger partial charge in [0.25, 0.3) is 11.8 Å². The van der Waals surface area contributed by atoms with Crippen molar-refractivity contribution in [3.63, 3.8) is 0 Å². The Labute approximate surface area is 152 Å². The van der Waals surface area contributed by atoms with E-state index in [1.807, 2.05) is 10.3 Å². The average Bonchev–Trinajstić information content (AvgIpc) is 3.25. The Bertz CT molecular complexity index is 905. The number of anilines is 1. The highest BCUT2D eigenvalue weighted by molar-refractivity contribution is 7.11. The predicted molar refractivity (Wildman–Crippen MR) is 92.5 cm³/mol. The van der Waals surface area contributed by atoms with Gasteiger partial charge in [-0.2, -0.15) is 0 Å². The molecule has 0 N–H and O–H groups in total. The number of hydrogen-bond acceptors (Lipinski definition) is 5. The molecule has 1 aromatic carbocycles. The van der Waals surface area contributed by atoms with Crippen molar-refractivity contribution in [2.45, 2.75) is 0 Å². The lowest BCUT2D eigenvalue weighted by molar-refractivity contribution is -0.121. The number of nitrogens with zero attached hydrogens (tertiary/aromatic N) is 2. The highest BCUT2D eigenvalue weighted by Gasteiger charge is 2.43. The van der Waals surface area contributed by atoms with Crippen LogP contribution in [0.5, 0.6) is 0 Å². The highest BCUT2D eigenvalue weighted by Crippen LogP contribution is 2.37. The van der Waals surface area contributed by atoms with Crippen LogP contribution in [0.4, 0.5) is 14.5 Å². The van der Waals surface area contributed by atoms with Crippen LogP contribution in [-0.4, -0.2) is 43.0 Å². The van der Waals surface area contributed by atoms with Gasteiger partial charge < -0.3 is 9.64 Å². The Morgan fingerprint density at radius 2 is 1.77 bits per heavy atom. The second-order valence-electron chi connectivity index (χ2n) is 5.84. The summed E-state index contributed by atoms with van der Waals surface area (Å²) < 4.78 is 32.2. The number of amides is 2. The smallest absolute Gasteiger partial charge is 0.282 e. The number of ether oxygens (including phenoxy) is 1. The largest absolute Gasteiger partial charge is 0.378 e. The van der Waals surface area contributed by atoms with Crippen LogP contribution in [0.25, 0.3) is 5.57 Å². The normalized spacial score (nSPS) is 18.2. The van der Waals surface area contributed by atoms with Crippen LogP contribution in [0, 0.1) is 11.6 Å². The van der Waals surface area contributed by atoms with Crippen molar-refractivity contribution in [3.05, 3.63) is 57.9 Å². The highest BCUT2D eigenvalue weighted by atomic mass is 32.1. The van der Waals surface area contributed by atoms with E-state index in [0.717, 1.165) is 17.0 Å². The summed E-state index contributed by atoms with van der Waals surface area (Å²) in [6.45, 7) is 1.87. The van der Waals surface area contributed by atoms with Crippen molar-refractivity contribution < 1.29 is 23.1 Å². The number of carbonyl (C=O) groups is 2. The molecule has 3 heterocycles. The molecule has 134 valence electrons. The fourth-order valence-electron chi connectivity index (χ4n) is 3.10. The predicted octanol–water partition coefficient (Wildman–Crippen LogP) is 2.64. The van der Waals surface area contributed by atoms with E-state index in [1.54, 1.807) is 12.1 Å². The van der Waals surface area contributed by atoms with Gasteiger partial charge in [0, 0.05) is 24.0 Å². The van der Waals surface area contributed by atoms with Crippen molar-refractivity contribution in [1.82, 2.24) is 4.90 Å². The van der Waals surface area contributed by atoms with E-state index in [1.165, 1.54) is 17.4 Å². The lowest BCUT2D eigenvalue weighted by atomic mass is 10.1. The van der Waals surface area contributed by atoms with Gasteiger partial charge in [-0.25, -0.2) is 13.7 Å². The summed E-state index contributed by atoms with van der Waals surface area (Å²) >= 11 is 1.35. The third kappa shape index (κ3) is 2.71. The summed E-state index contributed by atoms with van der Waals surface area (Å²) in [6, 6.07) is 6.55. The Kier molecular flexibility index (Phi) is 4.29. The number of halogens is 2. The first-order chi connectivity index (χ1) is 12.6. The van der Waals surface area contributed by atoms with Crippen molar-refractivity contribution in [1.29, 1.82) is 0 Å². The first-order valence-corrected chi connectivity index (χ1v) is 8.90. The second-order valence-corrected chi connectivity index (χ2v) is 6.79. The van der Waals surface area contributed by atoms with E-state index < -0.39 is 23.4 Å². The molecule has 2 aromatic rings. The van der Waals surface area contributed by atoms with E-state index >= 15 is 0 Å². The zero-order chi connectivity index (χ0) is 18.3. The van der Waals surface area contributed by atoms with E-state index in [2.05, 4.69) is 0 Å². The minimum Gasteiger partial charge on any atom is -0.378 e. The number of thiophene rings is 1. The fourth-order valence-corrected chi connectivity index (χ4v) is 3.86. The summed E-state index contributed by atoms with van der Waals surface area (Å²) in [5.41, 5.74) is 0.582. The molecule has 2 aliphatic heterocycles. The van der Waals surface area contributed by atoms with Crippen LogP contribution in [0.2, 0.25) is 0 Å². The second kappa shape index (κ2) is 6.62. The number of carbonyl (C=O) groups excluding carboxylic acids is 2. The number of rotatable bonds is 3. The molecule has 1 aromatic heterocycles. The van der Waals surface area contributed by atoms with Crippen molar-refractivity contribution in [2.24, 2.45) is 0 Å². The maximum absolute atomic E-state index is 13.6. The summed E-state index contributed by atoms with van der Waals surface area (Å²) in [7, 11) is 0. The van der Waals surface area contributed by atoms with Crippen molar-refractivity contribution >= 4 is 34.4 Å². The number of morpholine rings is 1. The molecule has 0 radical (unpaired) electrons. The molecule has 2 amide bonds. The first kappa shape index (κ1) is 16.9. The Morgan fingerprint density at radius 3 is 2.42 bits per heavy atom.